The summed E-state index contributed by atoms with van der Waals surface area (Å²) in [5, 5.41) is 17.4. The number of nitrogens with one attached hydrogen (secondary N) is 1. The van der Waals surface area contributed by atoms with Crippen LogP contribution in [-0.2, 0) is 11.2 Å². The Morgan fingerprint density at radius 1 is 1.38 bits per heavy atom. The van der Waals surface area contributed by atoms with Gasteiger partial charge in [-0.2, -0.15) is 5.10 Å². The average molecular weight is 333 g/mol. The summed E-state index contributed by atoms with van der Waals surface area (Å²) in [7, 11) is 0. The fraction of sp³-hybridized carbons (Fsp3) is 0.444. The van der Waals surface area contributed by atoms with E-state index in [-0.39, 0.29) is 30.6 Å². The smallest absolute Gasteiger partial charge is 0.226 e. The Labute approximate surface area is 141 Å². The number of carbonyl (C=O) groups is 1. The average Bonchev–Trinajstić information content (AvgIpc) is 3.01. The van der Waals surface area contributed by atoms with Crippen LogP contribution in [0.25, 0.3) is 5.69 Å². The molecule has 2 N–H and O–H groups in total. The van der Waals surface area contributed by atoms with Gasteiger partial charge in [-0.15, -0.1) is 0 Å². The first-order chi connectivity index (χ1) is 11.3. The molecule has 0 aliphatic carbocycles. The van der Waals surface area contributed by atoms with Crippen molar-refractivity contribution in [2.24, 2.45) is 5.92 Å². The van der Waals surface area contributed by atoms with E-state index in [0.29, 0.717) is 5.69 Å². The maximum Gasteiger partial charge on any atom is 0.226 e. The zero-order valence-corrected chi connectivity index (χ0v) is 14.3. The molecule has 1 aromatic heterocycles. The second kappa shape index (κ2) is 7.57. The van der Waals surface area contributed by atoms with Crippen molar-refractivity contribution >= 4 is 5.91 Å². The van der Waals surface area contributed by atoms with Gasteiger partial charge in [0.15, 0.2) is 0 Å². The standard InChI is InChI=1S/C18H24FN3O2/c1-4-13(2)18(3,24)12-20-17(23)11-15-9-10-22(21-15)16-7-5-14(19)6-8-16/h5-10,13,24H,4,11-12H2,1-3H3,(H,20,23). The summed E-state index contributed by atoms with van der Waals surface area (Å²) in [6, 6.07) is 7.71. The molecule has 0 saturated heterocycles. The lowest BCUT2D eigenvalue weighted by atomic mass is 9.88. The van der Waals surface area contributed by atoms with E-state index in [0.717, 1.165) is 12.1 Å². The van der Waals surface area contributed by atoms with E-state index in [1.807, 2.05) is 13.8 Å². The van der Waals surface area contributed by atoms with E-state index >= 15 is 0 Å². The lowest BCUT2D eigenvalue weighted by Gasteiger charge is -2.29. The van der Waals surface area contributed by atoms with Gasteiger partial charge in [-0.1, -0.05) is 20.3 Å². The number of benzene rings is 1. The monoisotopic (exact) mass is 333 g/mol. The molecule has 0 aliphatic rings. The summed E-state index contributed by atoms with van der Waals surface area (Å²) < 4.78 is 14.5. The number of halogens is 1. The first kappa shape index (κ1) is 18.1. The van der Waals surface area contributed by atoms with Crippen molar-refractivity contribution in [3.8, 4) is 5.69 Å². The lowest BCUT2D eigenvalue weighted by Crippen LogP contribution is -2.45. The molecule has 2 unspecified atom stereocenters. The van der Waals surface area contributed by atoms with Gasteiger partial charge in [-0.3, -0.25) is 4.79 Å². The molecule has 1 aromatic carbocycles. The van der Waals surface area contributed by atoms with Gasteiger partial charge in [0.25, 0.3) is 0 Å². The minimum atomic E-state index is -0.933. The van der Waals surface area contributed by atoms with Gasteiger partial charge in [0.2, 0.25) is 5.91 Å². The van der Waals surface area contributed by atoms with Gasteiger partial charge >= 0.3 is 0 Å². The van der Waals surface area contributed by atoms with Crippen molar-refractivity contribution in [2.45, 2.75) is 39.2 Å². The van der Waals surface area contributed by atoms with E-state index in [4.69, 9.17) is 0 Å². The maximum atomic E-state index is 12.9. The Kier molecular flexibility index (Phi) is 5.72. The second-order valence-corrected chi connectivity index (χ2v) is 6.35. The fourth-order valence-corrected chi connectivity index (χ4v) is 2.31. The maximum absolute atomic E-state index is 12.9. The third-order valence-electron chi connectivity index (χ3n) is 4.39. The van der Waals surface area contributed by atoms with E-state index in [2.05, 4.69) is 10.4 Å². The highest BCUT2D eigenvalue weighted by atomic mass is 19.1. The van der Waals surface area contributed by atoms with Crippen LogP contribution in [0, 0.1) is 11.7 Å². The Balaban J connectivity index is 1.92. The molecule has 1 heterocycles. The molecule has 130 valence electrons. The molecule has 0 aliphatic heterocycles. The summed E-state index contributed by atoms with van der Waals surface area (Å²) in [6.45, 7) is 5.89. The normalized spacial score (nSPS) is 14.9. The Morgan fingerprint density at radius 3 is 2.67 bits per heavy atom. The Morgan fingerprint density at radius 2 is 2.04 bits per heavy atom. The zero-order valence-electron chi connectivity index (χ0n) is 14.3. The molecule has 0 saturated carbocycles. The molecular formula is C18H24FN3O2. The predicted molar refractivity (Wildman–Crippen MR) is 90.3 cm³/mol. The minimum Gasteiger partial charge on any atom is -0.388 e. The van der Waals surface area contributed by atoms with Gasteiger partial charge < -0.3 is 10.4 Å². The van der Waals surface area contributed by atoms with E-state index < -0.39 is 5.60 Å². The molecule has 0 spiro atoms. The van der Waals surface area contributed by atoms with E-state index in [9.17, 15) is 14.3 Å². The molecular weight excluding hydrogens is 309 g/mol. The van der Waals surface area contributed by atoms with Crippen LogP contribution in [0.2, 0.25) is 0 Å². The van der Waals surface area contributed by atoms with Gasteiger partial charge in [0, 0.05) is 12.7 Å². The van der Waals surface area contributed by atoms with Gasteiger partial charge in [-0.25, -0.2) is 9.07 Å². The number of amides is 1. The highest BCUT2D eigenvalue weighted by Crippen LogP contribution is 2.18. The van der Waals surface area contributed by atoms with Crippen LogP contribution in [0.15, 0.2) is 36.5 Å². The quantitative estimate of drug-likeness (QED) is 0.818. The third-order valence-corrected chi connectivity index (χ3v) is 4.39. The van der Waals surface area contributed by atoms with Crippen LogP contribution < -0.4 is 5.32 Å². The first-order valence-electron chi connectivity index (χ1n) is 8.11. The molecule has 2 rings (SSSR count). The van der Waals surface area contributed by atoms with Crippen molar-refractivity contribution in [2.75, 3.05) is 6.54 Å². The van der Waals surface area contributed by atoms with Crippen LogP contribution in [0.1, 0.15) is 32.9 Å². The highest BCUT2D eigenvalue weighted by Gasteiger charge is 2.27. The number of aliphatic hydroxyl groups is 1. The minimum absolute atomic E-state index is 0.0930. The van der Waals surface area contributed by atoms with Crippen molar-refractivity contribution in [3.63, 3.8) is 0 Å². The lowest BCUT2D eigenvalue weighted by molar-refractivity contribution is -0.122. The van der Waals surface area contributed by atoms with Crippen molar-refractivity contribution < 1.29 is 14.3 Å². The van der Waals surface area contributed by atoms with Crippen LogP contribution in [-0.4, -0.2) is 32.9 Å². The second-order valence-electron chi connectivity index (χ2n) is 6.35. The number of nitrogens with zero attached hydrogens (tertiary/aromatic N) is 2. The molecule has 2 atom stereocenters. The molecule has 5 nitrogen and oxygen atoms in total. The van der Waals surface area contributed by atoms with E-state index in [1.165, 1.54) is 12.1 Å². The topological polar surface area (TPSA) is 67.2 Å². The Bertz CT molecular complexity index is 680. The number of hydrogen-bond donors (Lipinski definition) is 2. The largest absolute Gasteiger partial charge is 0.388 e. The number of aromatic nitrogens is 2. The van der Waals surface area contributed by atoms with Crippen molar-refractivity contribution in [3.05, 3.63) is 48.0 Å². The summed E-state index contributed by atoms with van der Waals surface area (Å²) in [4.78, 5) is 12.0. The molecule has 0 bridgehead atoms. The predicted octanol–water partition coefficient (Wildman–Crippen LogP) is 2.47. The number of rotatable bonds is 7. The van der Waals surface area contributed by atoms with Crippen LogP contribution in [0.5, 0.6) is 0 Å². The molecule has 24 heavy (non-hydrogen) atoms. The highest BCUT2D eigenvalue weighted by molar-refractivity contribution is 5.78. The number of carbonyl (C=O) groups excluding carboxylic acids is 1. The van der Waals surface area contributed by atoms with Crippen molar-refractivity contribution in [1.29, 1.82) is 0 Å². The van der Waals surface area contributed by atoms with Crippen LogP contribution in [0.4, 0.5) is 4.39 Å². The van der Waals surface area contributed by atoms with Gasteiger partial charge in [0.1, 0.15) is 5.82 Å². The summed E-state index contributed by atoms with van der Waals surface area (Å²) in [5.41, 5.74) is 0.403. The fourth-order valence-electron chi connectivity index (χ4n) is 2.31. The molecule has 0 radical (unpaired) electrons. The molecule has 6 heteroatoms. The van der Waals surface area contributed by atoms with Gasteiger partial charge in [-0.05, 0) is 43.2 Å². The Hall–Kier alpha value is -2.21. The van der Waals surface area contributed by atoms with Crippen molar-refractivity contribution in [1.82, 2.24) is 15.1 Å². The molecule has 2 aromatic rings. The number of hydrogen-bond acceptors (Lipinski definition) is 3. The SMILES string of the molecule is CCC(C)C(C)(O)CNC(=O)Cc1ccn(-c2ccc(F)cc2)n1. The van der Waals surface area contributed by atoms with Crippen LogP contribution >= 0.6 is 0 Å². The first-order valence-corrected chi connectivity index (χ1v) is 8.11. The van der Waals surface area contributed by atoms with Crippen LogP contribution in [0.3, 0.4) is 0 Å². The molecule has 0 fully saturated rings. The van der Waals surface area contributed by atoms with E-state index in [1.54, 1.807) is 36.0 Å². The summed E-state index contributed by atoms with van der Waals surface area (Å²) in [6.07, 6.45) is 2.70. The van der Waals surface area contributed by atoms with Gasteiger partial charge in [0.05, 0.1) is 23.4 Å². The third kappa shape index (κ3) is 4.64. The molecule has 1 amide bonds. The summed E-state index contributed by atoms with van der Waals surface area (Å²) >= 11 is 0. The summed E-state index contributed by atoms with van der Waals surface area (Å²) in [5.74, 6) is -0.405. The zero-order chi connectivity index (χ0) is 17.7.